The Hall–Kier alpha value is -2.30. The summed E-state index contributed by atoms with van der Waals surface area (Å²) in [5.74, 6) is 0.104. The van der Waals surface area contributed by atoms with Crippen LogP contribution in [0.3, 0.4) is 0 Å². The van der Waals surface area contributed by atoms with Gasteiger partial charge in [-0.3, -0.25) is 9.59 Å². The molecule has 1 aliphatic rings. The van der Waals surface area contributed by atoms with Gasteiger partial charge in [-0.2, -0.15) is 0 Å². The number of carbonyl (C=O) groups is 1. The van der Waals surface area contributed by atoms with Gasteiger partial charge in [0.05, 0.1) is 0 Å². The Bertz CT molecular complexity index is 1120. The van der Waals surface area contributed by atoms with Crippen LogP contribution in [0.4, 0.5) is 5.69 Å². The van der Waals surface area contributed by atoms with Gasteiger partial charge in [-0.25, -0.2) is 0 Å². The van der Waals surface area contributed by atoms with E-state index in [1.165, 1.54) is 6.07 Å². The van der Waals surface area contributed by atoms with Gasteiger partial charge in [-0.15, -0.1) is 0 Å². The number of nitrogens with one attached hydrogen (secondary N) is 2. The molecule has 4 rings (SSSR count). The molecule has 1 aromatic heterocycles. The number of H-pyrrole nitrogens is 1. The van der Waals surface area contributed by atoms with Gasteiger partial charge in [0, 0.05) is 33.7 Å². The van der Waals surface area contributed by atoms with Crippen LogP contribution in [0.2, 0.25) is 10.0 Å². The number of carbonyl (C=O) groups excluding carboxylic acids is 1. The van der Waals surface area contributed by atoms with E-state index < -0.39 is 0 Å². The summed E-state index contributed by atoms with van der Waals surface area (Å²) >= 11 is 12.3. The predicted molar refractivity (Wildman–Crippen MR) is 126 cm³/mol. The van der Waals surface area contributed by atoms with Gasteiger partial charge in [0.1, 0.15) is 0 Å². The number of aromatic amines is 1. The van der Waals surface area contributed by atoms with Gasteiger partial charge >= 0.3 is 0 Å². The van der Waals surface area contributed by atoms with Crippen LogP contribution in [-0.2, 0) is 24.1 Å². The summed E-state index contributed by atoms with van der Waals surface area (Å²) in [5.41, 5.74) is 5.09. The van der Waals surface area contributed by atoms with E-state index in [0.717, 1.165) is 75.4 Å². The minimum atomic E-state index is -0.0766. The molecule has 0 spiro atoms. The van der Waals surface area contributed by atoms with E-state index in [1.54, 1.807) is 6.07 Å². The molecule has 158 valence electrons. The SMILES string of the molecule is CCCc1cc2[nH]c(=O)ccc2cc1Cl.CCCc1cc2c(cc1Cl)CCC(=O)N2. The van der Waals surface area contributed by atoms with Gasteiger partial charge in [-0.1, -0.05) is 49.9 Å². The summed E-state index contributed by atoms with van der Waals surface area (Å²) in [5, 5.41) is 5.46. The first kappa shape index (κ1) is 22.4. The molecule has 0 radical (unpaired) electrons. The highest BCUT2D eigenvalue weighted by Gasteiger charge is 2.16. The molecule has 3 aromatic rings. The lowest BCUT2D eigenvalue weighted by atomic mass is 9.99. The average Bonchev–Trinajstić information content (AvgIpc) is 2.71. The molecule has 0 atom stereocenters. The summed E-state index contributed by atoms with van der Waals surface area (Å²) in [6.45, 7) is 4.22. The van der Waals surface area contributed by atoms with Crippen molar-refractivity contribution in [2.24, 2.45) is 0 Å². The van der Waals surface area contributed by atoms with Crippen molar-refractivity contribution in [3.8, 4) is 0 Å². The molecule has 6 heteroatoms. The number of rotatable bonds is 4. The molecule has 30 heavy (non-hydrogen) atoms. The molecule has 1 amide bonds. The van der Waals surface area contributed by atoms with Crippen molar-refractivity contribution in [2.45, 2.75) is 52.4 Å². The van der Waals surface area contributed by atoms with Crippen molar-refractivity contribution in [1.82, 2.24) is 4.98 Å². The number of benzene rings is 2. The number of hydrogen-bond donors (Lipinski definition) is 2. The zero-order valence-corrected chi connectivity index (χ0v) is 18.8. The van der Waals surface area contributed by atoms with Crippen LogP contribution in [0.15, 0.2) is 41.2 Å². The molecule has 1 aliphatic heterocycles. The van der Waals surface area contributed by atoms with Gasteiger partial charge in [0.15, 0.2) is 0 Å². The second-order valence-corrected chi connectivity index (χ2v) is 8.32. The maximum atomic E-state index is 11.2. The first-order chi connectivity index (χ1) is 14.4. The van der Waals surface area contributed by atoms with E-state index in [-0.39, 0.29) is 11.5 Å². The lowest BCUT2D eigenvalue weighted by Crippen LogP contribution is -2.19. The van der Waals surface area contributed by atoms with Gasteiger partial charge < -0.3 is 10.3 Å². The van der Waals surface area contributed by atoms with Crippen molar-refractivity contribution < 1.29 is 4.79 Å². The van der Waals surface area contributed by atoms with E-state index in [4.69, 9.17) is 23.2 Å². The predicted octanol–water partition coefficient (Wildman–Crippen LogP) is 6.31. The number of anilines is 1. The number of hydrogen-bond acceptors (Lipinski definition) is 2. The Balaban J connectivity index is 0.000000171. The topological polar surface area (TPSA) is 62.0 Å². The fraction of sp³-hybridized carbons (Fsp3) is 0.333. The summed E-state index contributed by atoms with van der Waals surface area (Å²) in [7, 11) is 0. The van der Waals surface area contributed by atoms with Gasteiger partial charge in [0.2, 0.25) is 11.5 Å². The van der Waals surface area contributed by atoms with Crippen LogP contribution in [0.5, 0.6) is 0 Å². The van der Waals surface area contributed by atoms with Gasteiger partial charge in [-0.05, 0) is 71.7 Å². The Morgan fingerprint density at radius 3 is 2.23 bits per heavy atom. The van der Waals surface area contributed by atoms with Crippen molar-refractivity contribution in [1.29, 1.82) is 0 Å². The largest absolute Gasteiger partial charge is 0.326 e. The quantitative estimate of drug-likeness (QED) is 0.494. The summed E-state index contributed by atoms with van der Waals surface area (Å²) < 4.78 is 0. The standard InChI is InChI=1S/C12H14ClNO.C12H12ClNO/c2*1-2-3-8-7-11-9(6-10(8)13)4-5-12(15)14-11/h6-7H,2-5H2,1H3,(H,14,15);4-7H,2-3H2,1H3,(H,14,15). The Kier molecular flexibility index (Phi) is 7.57. The van der Waals surface area contributed by atoms with E-state index >= 15 is 0 Å². The number of amides is 1. The Morgan fingerprint density at radius 2 is 1.53 bits per heavy atom. The van der Waals surface area contributed by atoms with Crippen LogP contribution in [0, 0.1) is 0 Å². The molecule has 2 N–H and O–H groups in total. The van der Waals surface area contributed by atoms with Crippen LogP contribution < -0.4 is 10.9 Å². The average molecular weight is 445 g/mol. The van der Waals surface area contributed by atoms with Crippen LogP contribution in [0.25, 0.3) is 10.9 Å². The molecule has 2 aromatic carbocycles. The fourth-order valence-corrected chi connectivity index (χ4v) is 4.13. The lowest BCUT2D eigenvalue weighted by Gasteiger charge is -2.18. The fourth-order valence-electron chi connectivity index (χ4n) is 3.58. The zero-order valence-electron chi connectivity index (χ0n) is 17.3. The van der Waals surface area contributed by atoms with Crippen molar-refractivity contribution in [3.05, 3.63) is 73.5 Å². The minimum Gasteiger partial charge on any atom is -0.326 e. The molecule has 0 saturated carbocycles. The van der Waals surface area contributed by atoms with E-state index in [2.05, 4.69) is 24.1 Å². The molecule has 0 aliphatic carbocycles. The molecule has 0 unspecified atom stereocenters. The number of fused-ring (bicyclic) bond motifs is 2. The van der Waals surface area contributed by atoms with E-state index in [9.17, 15) is 9.59 Å². The highest BCUT2D eigenvalue weighted by molar-refractivity contribution is 6.32. The van der Waals surface area contributed by atoms with Gasteiger partial charge in [0.25, 0.3) is 0 Å². The molecule has 2 heterocycles. The maximum Gasteiger partial charge on any atom is 0.248 e. The first-order valence-electron chi connectivity index (χ1n) is 10.3. The summed E-state index contributed by atoms with van der Waals surface area (Å²) in [4.78, 5) is 25.2. The second-order valence-electron chi connectivity index (χ2n) is 7.50. The highest BCUT2D eigenvalue weighted by Crippen LogP contribution is 2.29. The number of halogens is 2. The molecule has 4 nitrogen and oxygen atoms in total. The molecule has 0 fully saturated rings. The molecule has 0 bridgehead atoms. The van der Waals surface area contributed by atoms with Crippen molar-refractivity contribution in [2.75, 3.05) is 5.32 Å². The summed E-state index contributed by atoms with van der Waals surface area (Å²) in [6.07, 6.45) is 5.37. The zero-order chi connectivity index (χ0) is 21.7. The van der Waals surface area contributed by atoms with E-state index in [1.807, 2.05) is 24.3 Å². The Labute approximate surface area is 186 Å². The Morgan fingerprint density at radius 1 is 0.867 bits per heavy atom. The smallest absolute Gasteiger partial charge is 0.248 e. The van der Waals surface area contributed by atoms with Crippen LogP contribution in [0.1, 0.15) is 49.8 Å². The van der Waals surface area contributed by atoms with E-state index in [0.29, 0.717) is 6.42 Å². The number of pyridine rings is 1. The minimum absolute atomic E-state index is 0.0766. The maximum absolute atomic E-state index is 11.2. The molecular weight excluding hydrogens is 419 g/mol. The normalized spacial score (nSPS) is 12.7. The third-order valence-electron chi connectivity index (χ3n) is 5.10. The number of aromatic nitrogens is 1. The molecule has 0 saturated heterocycles. The van der Waals surface area contributed by atoms with Crippen molar-refractivity contribution in [3.63, 3.8) is 0 Å². The highest BCUT2D eigenvalue weighted by atomic mass is 35.5. The van der Waals surface area contributed by atoms with Crippen LogP contribution >= 0.6 is 23.2 Å². The summed E-state index contributed by atoms with van der Waals surface area (Å²) in [6, 6.07) is 11.2. The third kappa shape index (κ3) is 5.44. The monoisotopic (exact) mass is 444 g/mol. The third-order valence-corrected chi connectivity index (χ3v) is 5.80. The lowest BCUT2D eigenvalue weighted by molar-refractivity contribution is -0.116. The number of aryl methyl sites for hydroxylation is 3. The second kappa shape index (κ2) is 10.1. The first-order valence-corrected chi connectivity index (χ1v) is 11.1. The van der Waals surface area contributed by atoms with Crippen LogP contribution in [-0.4, -0.2) is 10.9 Å². The van der Waals surface area contributed by atoms with Crippen molar-refractivity contribution >= 4 is 45.7 Å². The molecular formula is C24H26Cl2N2O2.